The first-order chi connectivity index (χ1) is 14.6. The summed E-state index contributed by atoms with van der Waals surface area (Å²) in [4.78, 5) is 5.83. The maximum Gasteiger partial charge on any atom is 0.213 e. The Morgan fingerprint density at radius 1 is 0.967 bits per heavy atom. The van der Waals surface area contributed by atoms with E-state index >= 15 is 0 Å². The second kappa shape index (κ2) is 10.0. The summed E-state index contributed by atoms with van der Waals surface area (Å²) in [6, 6.07) is 2.15. The molecule has 0 amide bonds. The maximum atomic E-state index is 12.2. The summed E-state index contributed by atoms with van der Waals surface area (Å²) in [5.74, 6) is 0.818. The normalized spacial score (nSPS) is 28.6. The summed E-state index contributed by atoms with van der Waals surface area (Å²) in [5, 5.41) is 7.67. The SMILES string of the molecule is CCS(=O)(=O)N1CCN(C2NC(C3CCCCCCCCC3)Nc3cc[nH]c32)CC1. The molecule has 170 valence electrons. The Bertz CT molecular complexity index is 762. The largest absolute Gasteiger partial charge is 0.368 e. The molecule has 2 atom stereocenters. The van der Waals surface area contributed by atoms with E-state index in [2.05, 4.69) is 26.6 Å². The highest BCUT2D eigenvalue weighted by Crippen LogP contribution is 2.34. The molecule has 0 radical (unpaired) electrons. The zero-order valence-corrected chi connectivity index (χ0v) is 19.2. The Kier molecular flexibility index (Phi) is 7.39. The van der Waals surface area contributed by atoms with Crippen molar-refractivity contribution >= 4 is 15.7 Å². The number of nitrogens with one attached hydrogen (secondary N) is 3. The van der Waals surface area contributed by atoms with Gasteiger partial charge in [-0.05, 0) is 31.7 Å². The first-order valence-electron chi connectivity index (χ1n) is 12.0. The fraction of sp³-hybridized carbons (Fsp3) is 0.818. The number of aromatic amines is 1. The maximum absolute atomic E-state index is 12.2. The number of aromatic nitrogens is 1. The Morgan fingerprint density at radius 3 is 2.23 bits per heavy atom. The molecule has 3 N–H and O–H groups in total. The van der Waals surface area contributed by atoms with E-state index in [1.165, 1.54) is 69.2 Å². The van der Waals surface area contributed by atoms with Gasteiger partial charge in [0.1, 0.15) is 6.17 Å². The third-order valence-corrected chi connectivity index (χ3v) is 9.10. The molecular formula is C22H39N5O2S. The van der Waals surface area contributed by atoms with E-state index < -0.39 is 10.0 Å². The summed E-state index contributed by atoms with van der Waals surface area (Å²) >= 11 is 0. The van der Waals surface area contributed by atoms with Crippen LogP contribution in [0.4, 0.5) is 5.69 Å². The van der Waals surface area contributed by atoms with Gasteiger partial charge in [0, 0.05) is 32.4 Å². The highest BCUT2D eigenvalue weighted by Gasteiger charge is 2.36. The van der Waals surface area contributed by atoms with Crippen molar-refractivity contribution in [2.75, 3.05) is 37.2 Å². The highest BCUT2D eigenvalue weighted by atomic mass is 32.2. The fourth-order valence-electron chi connectivity index (χ4n) is 5.34. The molecule has 1 aromatic rings. The molecule has 30 heavy (non-hydrogen) atoms. The van der Waals surface area contributed by atoms with Crippen LogP contribution in [0, 0.1) is 5.92 Å². The van der Waals surface area contributed by atoms with Crippen LogP contribution in [0.15, 0.2) is 12.3 Å². The van der Waals surface area contributed by atoms with Gasteiger partial charge in [-0.15, -0.1) is 0 Å². The van der Waals surface area contributed by atoms with Gasteiger partial charge in [-0.2, -0.15) is 4.31 Å². The number of anilines is 1. The lowest BCUT2D eigenvalue weighted by Gasteiger charge is -2.44. The molecule has 1 aromatic heterocycles. The van der Waals surface area contributed by atoms with Crippen molar-refractivity contribution in [2.24, 2.45) is 5.92 Å². The van der Waals surface area contributed by atoms with Crippen LogP contribution in [-0.2, 0) is 10.0 Å². The second-order valence-electron chi connectivity index (χ2n) is 9.14. The van der Waals surface area contributed by atoms with Crippen LogP contribution in [0.25, 0.3) is 0 Å². The minimum absolute atomic E-state index is 0.114. The van der Waals surface area contributed by atoms with E-state index in [-0.39, 0.29) is 18.1 Å². The molecule has 7 nitrogen and oxygen atoms in total. The molecule has 3 heterocycles. The summed E-state index contributed by atoms with van der Waals surface area (Å²) in [6.45, 7) is 4.39. The van der Waals surface area contributed by atoms with Crippen molar-refractivity contribution in [3.63, 3.8) is 0 Å². The van der Waals surface area contributed by atoms with E-state index in [9.17, 15) is 8.42 Å². The highest BCUT2D eigenvalue weighted by molar-refractivity contribution is 7.89. The molecule has 3 aliphatic rings. The standard InChI is InChI=1S/C22H39N5O2S/c1-2-30(28,29)27-16-14-26(15-17-27)22-20-19(12-13-23-20)24-21(25-22)18-10-8-6-4-3-5-7-9-11-18/h12-13,18,21-25H,2-11,14-17H2,1H3. The quantitative estimate of drug-likeness (QED) is 0.672. The first-order valence-corrected chi connectivity index (χ1v) is 13.6. The van der Waals surface area contributed by atoms with E-state index in [4.69, 9.17) is 0 Å². The molecule has 0 aromatic carbocycles. The minimum Gasteiger partial charge on any atom is -0.368 e. The van der Waals surface area contributed by atoms with Crippen LogP contribution in [0.3, 0.4) is 0 Å². The third-order valence-electron chi connectivity index (χ3n) is 7.22. The summed E-state index contributed by atoms with van der Waals surface area (Å²) < 4.78 is 26.1. The summed E-state index contributed by atoms with van der Waals surface area (Å²) in [5.41, 5.74) is 2.38. The zero-order valence-electron chi connectivity index (χ0n) is 18.4. The van der Waals surface area contributed by atoms with Gasteiger partial charge < -0.3 is 10.3 Å². The number of hydrogen-bond acceptors (Lipinski definition) is 5. The van der Waals surface area contributed by atoms with E-state index in [1.54, 1.807) is 11.2 Å². The molecule has 1 aliphatic carbocycles. The molecule has 0 bridgehead atoms. The summed E-state index contributed by atoms with van der Waals surface area (Å²) in [7, 11) is -3.10. The molecule has 1 saturated carbocycles. The predicted octanol–water partition coefficient (Wildman–Crippen LogP) is 3.46. The number of rotatable bonds is 4. The van der Waals surface area contributed by atoms with Crippen molar-refractivity contribution in [1.29, 1.82) is 0 Å². The van der Waals surface area contributed by atoms with Crippen LogP contribution >= 0.6 is 0 Å². The van der Waals surface area contributed by atoms with Crippen LogP contribution in [0.1, 0.15) is 76.6 Å². The third kappa shape index (κ3) is 5.03. The topological polar surface area (TPSA) is 80.5 Å². The van der Waals surface area contributed by atoms with Gasteiger partial charge in [0.2, 0.25) is 10.0 Å². The lowest BCUT2D eigenvalue weighted by molar-refractivity contribution is 0.0934. The van der Waals surface area contributed by atoms with E-state index in [1.807, 2.05) is 6.20 Å². The Morgan fingerprint density at radius 2 is 1.60 bits per heavy atom. The molecule has 2 unspecified atom stereocenters. The van der Waals surface area contributed by atoms with Crippen LogP contribution in [-0.4, -0.2) is 60.7 Å². The van der Waals surface area contributed by atoms with Gasteiger partial charge in [0.25, 0.3) is 0 Å². The molecule has 4 rings (SSSR count). The van der Waals surface area contributed by atoms with Crippen molar-refractivity contribution < 1.29 is 8.42 Å². The number of H-pyrrole nitrogens is 1. The Labute approximate surface area is 182 Å². The molecule has 1 saturated heterocycles. The second-order valence-corrected chi connectivity index (χ2v) is 11.4. The minimum atomic E-state index is -3.10. The van der Waals surface area contributed by atoms with Gasteiger partial charge in [-0.25, -0.2) is 8.42 Å². The van der Waals surface area contributed by atoms with Gasteiger partial charge in [-0.3, -0.25) is 10.2 Å². The van der Waals surface area contributed by atoms with Crippen LogP contribution in [0.2, 0.25) is 0 Å². The van der Waals surface area contributed by atoms with E-state index in [0.29, 0.717) is 19.0 Å². The fourth-order valence-corrected chi connectivity index (χ4v) is 6.42. The van der Waals surface area contributed by atoms with Gasteiger partial charge >= 0.3 is 0 Å². The number of nitrogens with zero attached hydrogens (tertiary/aromatic N) is 2. The van der Waals surface area contributed by atoms with Gasteiger partial charge in [0.15, 0.2) is 0 Å². The van der Waals surface area contributed by atoms with E-state index in [0.717, 1.165) is 13.1 Å². The van der Waals surface area contributed by atoms with Gasteiger partial charge in [-0.1, -0.05) is 44.9 Å². The monoisotopic (exact) mass is 437 g/mol. The molecule has 2 aliphatic heterocycles. The number of sulfonamides is 1. The number of hydrogen-bond donors (Lipinski definition) is 3. The zero-order chi connectivity index (χ0) is 21.0. The van der Waals surface area contributed by atoms with Crippen molar-refractivity contribution in [3.05, 3.63) is 18.0 Å². The summed E-state index contributed by atoms with van der Waals surface area (Å²) in [6.07, 6.45) is 14.5. The first kappa shape index (κ1) is 22.1. The number of piperazine rings is 1. The number of fused-ring (bicyclic) bond motifs is 1. The lowest BCUT2D eigenvalue weighted by atomic mass is 9.89. The molecule has 8 heteroatoms. The molecule has 2 fully saturated rings. The lowest BCUT2D eigenvalue weighted by Crippen LogP contribution is -2.57. The average molecular weight is 438 g/mol. The Hall–Kier alpha value is -1.09. The van der Waals surface area contributed by atoms with Crippen molar-refractivity contribution in [1.82, 2.24) is 19.5 Å². The van der Waals surface area contributed by atoms with Crippen molar-refractivity contribution in [2.45, 2.75) is 77.0 Å². The average Bonchev–Trinajstić information content (AvgIpc) is 3.25. The van der Waals surface area contributed by atoms with Crippen molar-refractivity contribution in [3.8, 4) is 0 Å². The predicted molar refractivity (Wildman–Crippen MR) is 122 cm³/mol. The van der Waals surface area contributed by atoms with Gasteiger partial charge in [0.05, 0.1) is 23.3 Å². The van der Waals surface area contributed by atoms with Crippen LogP contribution in [0.5, 0.6) is 0 Å². The molecular weight excluding hydrogens is 398 g/mol. The Balaban J connectivity index is 1.45. The van der Waals surface area contributed by atoms with Crippen LogP contribution < -0.4 is 10.6 Å². The smallest absolute Gasteiger partial charge is 0.213 e. The molecule has 0 spiro atoms.